The fraction of sp³-hybridized carbons (Fsp3) is 0.524. The zero-order valence-electron chi connectivity index (χ0n) is 16.1. The Balaban J connectivity index is 1.42. The van der Waals surface area contributed by atoms with Crippen LogP contribution in [0.4, 0.5) is 10.5 Å². The van der Waals surface area contributed by atoms with Crippen LogP contribution in [0.2, 0.25) is 0 Å². The molecule has 0 bridgehead atoms. The standard InChI is InChI=1S/C21H24N4O4/c22-11-14-5-7-16(8-6-14)25-10-2-4-17(18(25)26)23-20(29)24-12-15-3-1-9-21(15,13-24)19(27)28/h5-8,15,17H,1-4,9-10,12-13H2,(H,23,29)(H,27,28)/t15-,17?,21+/m0/s1. The van der Waals surface area contributed by atoms with Gasteiger partial charge < -0.3 is 20.2 Å². The fourth-order valence-electron chi connectivity index (χ4n) is 5.02. The van der Waals surface area contributed by atoms with Crippen molar-refractivity contribution in [3.05, 3.63) is 29.8 Å². The molecule has 1 unspecified atom stereocenters. The van der Waals surface area contributed by atoms with Crippen molar-refractivity contribution in [2.45, 2.75) is 38.1 Å². The minimum Gasteiger partial charge on any atom is -0.481 e. The zero-order valence-corrected chi connectivity index (χ0v) is 16.1. The van der Waals surface area contributed by atoms with Gasteiger partial charge in [0.15, 0.2) is 0 Å². The SMILES string of the molecule is N#Cc1ccc(N2CCCC(NC(=O)N3C[C@@H]4CCC[C@@]4(C(=O)O)C3)C2=O)cc1. The number of carboxylic acids is 1. The Kier molecular flexibility index (Phi) is 4.91. The first-order valence-electron chi connectivity index (χ1n) is 10.0. The van der Waals surface area contributed by atoms with Crippen molar-refractivity contribution >= 4 is 23.6 Å². The molecule has 29 heavy (non-hydrogen) atoms. The van der Waals surface area contributed by atoms with E-state index in [0.717, 1.165) is 19.3 Å². The van der Waals surface area contributed by atoms with Crippen molar-refractivity contribution in [2.75, 3.05) is 24.5 Å². The van der Waals surface area contributed by atoms with Gasteiger partial charge >= 0.3 is 12.0 Å². The lowest BCUT2D eigenvalue weighted by Crippen LogP contribution is -2.55. The number of aliphatic carboxylic acids is 1. The first-order valence-corrected chi connectivity index (χ1v) is 10.0. The van der Waals surface area contributed by atoms with Gasteiger partial charge in [0.1, 0.15) is 6.04 Å². The number of amides is 3. The summed E-state index contributed by atoms with van der Waals surface area (Å²) in [5, 5.41) is 21.5. The second-order valence-corrected chi connectivity index (χ2v) is 8.22. The maximum atomic E-state index is 12.9. The lowest BCUT2D eigenvalue weighted by atomic mass is 9.81. The minimum absolute atomic E-state index is 0.0112. The molecule has 1 aromatic rings. The quantitative estimate of drug-likeness (QED) is 0.811. The minimum atomic E-state index is -0.831. The molecule has 0 spiro atoms. The van der Waals surface area contributed by atoms with Crippen LogP contribution in [0.15, 0.2) is 24.3 Å². The molecule has 2 N–H and O–H groups in total. The van der Waals surface area contributed by atoms with Crippen LogP contribution < -0.4 is 10.2 Å². The summed E-state index contributed by atoms with van der Waals surface area (Å²) in [5.41, 5.74) is 0.395. The number of piperidine rings is 1. The van der Waals surface area contributed by atoms with Crippen molar-refractivity contribution in [2.24, 2.45) is 11.3 Å². The summed E-state index contributed by atoms with van der Waals surface area (Å²) >= 11 is 0. The van der Waals surface area contributed by atoms with E-state index in [-0.39, 0.29) is 24.4 Å². The third-order valence-electron chi connectivity index (χ3n) is 6.63. The van der Waals surface area contributed by atoms with Crippen LogP contribution in [0.3, 0.4) is 0 Å². The Bertz CT molecular complexity index is 878. The van der Waals surface area contributed by atoms with Gasteiger partial charge in [-0.2, -0.15) is 5.26 Å². The Morgan fingerprint density at radius 2 is 1.97 bits per heavy atom. The molecule has 1 saturated carbocycles. The summed E-state index contributed by atoms with van der Waals surface area (Å²) in [6.45, 7) is 1.20. The molecular weight excluding hydrogens is 372 g/mol. The molecule has 8 heteroatoms. The second kappa shape index (κ2) is 7.39. The van der Waals surface area contributed by atoms with Gasteiger partial charge in [0.2, 0.25) is 5.91 Å². The van der Waals surface area contributed by atoms with Crippen molar-refractivity contribution in [3.63, 3.8) is 0 Å². The number of urea groups is 1. The first-order chi connectivity index (χ1) is 13.9. The van der Waals surface area contributed by atoms with Gasteiger partial charge in [-0.15, -0.1) is 0 Å². The van der Waals surface area contributed by atoms with Gasteiger partial charge in [-0.3, -0.25) is 9.59 Å². The lowest BCUT2D eigenvalue weighted by Gasteiger charge is -2.33. The number of anilines is 1. The Morgan fingerprint density at radius 3 is 2.62 bits per heavy atom. The molecule has 8 nitrogen and oxygen atoms in total. The number of fused-ring (bicyclic) bond motifs is 1. The molecule has 2 heterocycles. The van der Waals surface area contributed by atoms with Gasteiger partial charge in [0.05, 0.1) is 17.0 Å². The highest BCUT2D eigenvalue weighted by Gasteiger charge is 2.56. The average molecular weight is 396 g/mol. The van der Waals surface area contributed by atoms with E-state index in [4.69, 9.17) is 5.26 Å². The number of carbonyl (C=O) groups is 3. The molecule has 1 aliphatic carbocycles. The molecule has 4 rings (SSSR count). The average Bonchev–Trinajstić information content (AvgIpc) is 3.28. The maximum absolute atomic E-state index is 12.9. The number of rotatable bonds is 3. The van der Waals surface area contributed by atoms with Gasteiger partial charge in [-0.05, 0) is 55.9 Å². The Hall–Kier alpha value is -3.08. The van der Waals surface area contributed by atoms with Crippen LogP contribution in [0.25, 0.3) is 0 Å². The van der Waals surface area contributed by atoms with E-state index in [9.17, 15) is 19.5 Å². The predicted octanol–water partition coefficient (Wildman–Crippen LogP) is 1.95. The van der Waals surface area contributed by atoms with Crippen LogP contribution in [0, 0.1) is 22.7 Å². The van der Waals surface area contributed by atoms with Gasteiger partial charge in [0, 0.05) is 25.3 Å². The number of nitriles is 1. The first kappa shape index (κ1) is 19.2. The third-order valence-corrected chi connectivity index (χ3v) is 6.63. The normalized spacial score (nSPS) is 28.7. The number of hydrogen-bond acceptors (Lipinski definition) is 4. The summed E-state index contributed by atoms with van der Waals surface area (Å²) < 4.78 is 0. The van der Waals surface area contributed by atoms with E-state index < -0.39 is 17.4 Å². The number of nitrogens with zero attached hydrogens (tertiary/aromatic N) is 3. The smallest absolute Gasteiger partial charge is 0.318 e. The van der Waals surface area contributed by atoms with E-state index in [2.05, 4.69) is 11.4 Å². The number of carboxylic acid groups (broad SMARTS) is 1. The molecule has 152 valence electrons. The highest BCUT2D eigenvalue weighted by molar-refractivity contribution is 5.99. The van der Waals surface area contributed by atoms with Crippen LogP contribution in [-0.2, 0) is 9.59 Å². The topological polar surface area (TPSA) is 114 Å². The second-order valence-electron chi connectivity index (χ2n) is 8.22. The third kappa shape index (κ3) is 3.31. The molecule has 2 saturated heterocycles. The molecular formula is C21H24N4O4. The van der Waals surface area contributed by atoms with Crippen LogP contribution >= 0.6 is 0 Å². The van der Waals surface area contributed by atoms with Gasteiger partial charge in [-0.25, -0.2) is 4.79 Å². The maximum Gasteiger partial charge on any atom is 0.318 e. The van der Waals surface area contributed by atoms with E-state index >= 15 is 0 Å². The van der Waals surface area contributed by atoms with Crippen molar-refractivity contribution in [1.82, 2.24) is 10.2 Å². The summed E-state index contributed by atoms with van der Waals surface area (Å²) in [7, 11) is 0. The largest absolute Gasteiger partial charge is 0.481 e. The van der Waals surface area contributed by atoms with E-state index in [1.54, 1.807) is 34.1 Å². The van der Waals surface area contributed by atoms with E-state index in [1.807, 2.05) is 0 Å². The summed E-state index contributed by atoms with van der Waals surface area (Å²) in [6, 6.07) is 7.86. The molecule has 3 amide bonds. The number of carbonyl (C=O) groups excluding carboxylic acids is 2. The van der Waals surface area contributed by atoms with Crippen molar-refractivity contribution < 1.29 is 19.5 Å². The van der Waals surface area contributed by atoms with Gasteiger partial charge in [-0.1, -0.05) is 6.42 Å². The van der Waals surface area contributed by atoms with Crippen LogP contribution in [0.5, 0.6) is 0 Å². The zero-order chi connectivity index (χ0) is 20.6. The molecule has 3 atom stereocenters. The molecule has 0 radical (unpaired) electrons. The fourth-order valence-corrected chi connectivity index (χ4v) is 5.02. The van der Waals surface area contributed by atoms with Crippen LogP contribution in [0.1, 0.15) is 37.7 Å². The summed E-state index contributed by atoms with van der Waals surface area (Å²) in [6.07, 6.45) is 3.61. The molecule has 3 fully saturated rings. The number of hydrogen-bond donors (Lipinski definition) is 2. The van der Waals surface area contributed by atoms with Crippen molar-refractivity contribution in [3.8, 4) is 6.07 Å². The summed E-state index contributed by atoms with van der Waals surface area (Å²) in [4.78, 5) is 40.7. The molecule has 1 aromatic carbocycles. The Morgan fingerprint density at radius 1 is 1.21 bits per heavy atom. The molecule has 2 aliphatic heterocycles. The van der Waals surface area contributed by atoms with Gasteiger partial charge in [0.25, 0.3) is 0 Å². The number of likely N-dealkylation sites (tertiary alicyclic amines) is 1. The Labute approximate surface area is 169 Å². The van der Waals surface area contributed by atoms with Crippen molar-refractivity contribution in [1.29, 1.82) is 5.26 Å². The summed E-state index contributed by atoms with van der Waals surface area (Å²) in [5.74, 6) is -1.01. The predicted molar refractivity (Wildman–Crippen MR) is 104 cm³/mol. The van der Waals surface area contributed by atoms with E-state index in [1.165, 1.54) is 0 Å². The lowest BCUT2D eigenvalue weighted by molar-refractivity contribution is -0.149. The van der Waals surface area contributed by atoms with E-state index in [0.29, 0.717) is 37.2 Å². The molecule has 3 aliphatic rings. The van der Waals surface area contributed by atoms with Crippen LogP contribution in [-0.4, -0.2) is 53.6 Å². The monoisotopic (exact) mass is 396 g/mol. The number of nitrogens with one attached hydrogen (secondary N) is 1. The number of benzene rings is 1. The highest BCUT2D eigenvalue weighted by Crippen LogP contribution is 2.48. The molecule has 0 aromatic heterocycles. The highest BCUT2D eigenvalue weighted by atomic mass is 16.4.